The van der Waals surface area contributed by atoms with E-state index in [2.05, 4.69) is 15.9 Å². The van der Waals surface area contributed by atoms with Crippen LogP contribution in [0.1, 0.15) is 6.23 Å². The molecule has 1 atom stereocenters. The highest BCUT2D eigenvalue weighted by Crippen LogP contribution is 2.39. The summed E-state index contributed by atoms with van der Waals surface area (Å²) >= 11 is 5.08. The Morgan fingerprint density at radius 3 is 2.47 bits per heavy atom. The monoisotopic (exact) mass is 569 g/mol. The number of halogens is 1. The zero-order chi connectivity index (χ0) is 25.2. The summed E-state index contributed by atoms with van der Waals surface area (Å²) in [7, 11) is 4.69. The number of hydrogen-bond acceptors (Lipinski definition) is 7. The molecule has 1 aromatic heterocycles. The van der Waals surface area contributed by atoms with Gasteiger partial charge in [-0.25, -0.2) is 0 Å². The molecular formula is C27H24BrNO6S. The molecule has 0 spiro atoms. The number of ether oxygens (including phenoxy) is 5. The van der Waals surface area contributed by atoms with Crippen LogP contribution < -0.4 is 24.5 Å². The smallest absolute Gasteiger partial charge is 0.264 e. The molecule has 5 rings (SSSR count). The Bertz CT molecular complexity index is 1470. The second-order valence-electron chi connectivity index (χ2n) is 7.99. The van der Waals surface area contributed by atoms with Gasteiger partial charge in [-0.3, -0.25) is 9.36 Å². The van der Waals surface area contributed by atoms with Gasteiger partial charge in [0.05, 0.1) is 25.3 Å². The van der Waals surface area contributed by atoms with Gasteiger partial charge in [0, 0.05) is 27.8 Å². The van der Waals surface area contributed by atoms with Crippen molar-refractivity contribution in [3.8, 4) is 34.3 Å². The minimum atomic E-state index is -0.563. The molecule has 1 unspecified atom stereocenters. The quantitative estimate of drug-likeness (QED) is 0.237. The van der Waals surface area contributed by atoms with Crippen LogP contribution in [0, 0.1) is 0 Å². The first-order valence-electron chi connectivity index (χ1n) is 11.2. The van der Waals surface area contributed by atoms with Gasteiger partial charge in [-0.1, -0.05) is 22.0 Å². The molecule has 4 aromatic rings. The molecule has 9 heteroatoms. The normalized spacial score (nSPS) is 13.1. The average Bonchev–Trinajstić information content (AvgIpc) is 3.38. The topological polar surface area (TPSA) is 68.2 Å². The van der Waals surface area contributed by atoms with Gasteiger partial charge < -0.3 is 23.7 Å². The molecule has 186 valence electrons. The van der Waals surface area contributed by atoms with Crippen molar-refractivity contribution >= 4 is 38.5 Å². The van der Waals surface area contributed by atoms with E-state index in [9.17, 15) is 4.79 Å². The number of fused-ring (bicyclic) bond motifs is 2. The predicted octanol–water partition coefficient (Wildman–Crippen LogP) is 6.11. The van der Waals surface area contributed by atoms with Gasteiger partial charge in [0.25, 0.3) is 5.56 Å². The number of pyridine rings is 1. The van der Waals surface area contributed by atoms with Crippen molar-refractivity contribution in [3.05, 3.63) is 75.5 Å². The molecular weight excluding hydrogens is 546 g/mol. The van der Waals surface area contributed by atoms with Gasteiger partial charge in [-0.2, -0.15) is 0 Å². The Hall–Kier alpha value is -3.14. The summed E-state index contributed by atoms with van der Waals surface area (Å²) < 4.78 is 30.7. The lowest BCUT2D eigenvalue weighted by Crippen LogP contribution is -2.29. The molecule has 0 saturated heterocycles. The van der Waals surface area contributed by atoms with Crippen molar-refractivity contribution in [1.29, 1.82) is 0 Å². The molecule has 0 aliphatic carbocycles. The van der Waals surface area contributed by atoms with Crippen LogP contribution in [-0.4, -0.2) is 38.4 Å². The minimum absolute atomic E-state index is 0.171. The molecule has 0 saturated carbocycles. The molecule has 2 heterocycles. The second kappa shape index (κ2) is 10.5. The fourth-order valence-electron chi connectivity index (χ4n) is 4.24. The Kier molecular flexibility index (Phi) is 7.13. The first-order chi connectivity index (χ1) is 17.5. The SMILES string of the molecule is COc1ccc2cc(-c3ccc4c(c3)OCO4)n(C(CSc3ccc(Br)cc3)OC)c(=O)c2c1OC. The molecule has 0 radical (unpaired) electrons. The first-order valence-corrected chi connectivity index (χ1v) is 12.9. The number of hydrogen-bond donors (Lipinski definition) is 0. The average molecular weight is 570 g/mol. The maximum absolute atomic E-state index is 14.1. The van der Waals surface area contributed by atoms with Crippen molar-refractivity contribution in [2.75, 3.05) is 33.9 Å². The number of benzene rings is 3. The third-order valence-corrected chi connectivity index (χ3v) is 7.58. The molecule has 1 aliphatic heterocycles. The van der Waals surface area contributed by atoms with Gasteiger partial charge in [0.2, 0.25) is 6.79 Å². The molecule has 0 amide bonds. The van der Waals surface area contributed by atoms with E-state index < -0.39 is 6.23 Å². The molecule has 0 fully saturated rings. The molecule has 0 bridgehead atoms. The Balaban J connectivity index is 1.69. The fraction of sp³-hybridized carbons (Fsp3) is 0.222. The summed E-state index contributed by atoms with van der Waals surface area (Å²) in [5.41, 5.74) is 1.27. The third kappa shape index (κ3) is 4.54. The van der Waals surface area contributed by atoms with Gasteiger partial charge in [-0.15, -0.1) is 11.8 Å². The lowest BCUT2D eigenvalue weighted by molar-refractivity contribution is 0.0634. The summed E-state index contributed by atoms with van der Waals surface area (Å²) in [6.45, 7) is 0.171. The van der Waals surface area contributed by atoms with Gasteiger partial charge in [0.15, 0.2) is 23.0 Å². The molecule has 1 aliphatic rings. The number of rotatable bonds is 8. The minimum Gasteiger partial charge on any atom is -0.493 e. The maximum Gasteiger partial charge on any atom is 0.264 e. The van der Waals surface area contributed by atoms with Gasteiger partial charge in [-0.05, 0) is 60.0 Å². The predicted molar refractivity (Wildman–Crippen MR) is 144 cm³/mol. The molecule has 7 nitrogen and oxygen atoms in total. The van der Waals surface area contributed by atoms with Crippen LogP contribution >= 0.6 is 27.7 Å². The van der Waals surface area contributed by atoms with Gasteiger partial charge >= 0.3 is 0 Å². The number of methoxy groups -OCH3 is 3. The van der Waals surface area contributed by atoms with Crippen LogP contribution in [0.3, 0.4) is 0 Å². The maximum atomic E-state index is 14.1. The van der Waals surface area contributed by atoms with E-state index in [1.165, 1.54) is 7.11 Å². The number of aromatic nitrogens is 1. The Labute approximate surface area is 221 Å². The first kappa shape index (κ1) is 24.5. The highest BCUT2D eigenvalue weighted by Gasteiger charge is 2.24. The highest BCUT2D eigenvalue weighted by molar-refractivity contribution is 9.10. The van der Waals surface area contributed by atoms with Crippen molar-refractivity contribution in [2.24, 2.45) is 0 Å². The summed E-state index contributed by atoms with van der Waals surface area (Å²) in [5, 5.41) is 1.16. The van der Waals surface area contributed by atoms with Crippen LogP contribution in [0.4, 0.5) is 0 Å². The summed E-state index contributed by atoms with van der Waals surface area (Å²) in [5.74, 6) is 2.70. The zero-order valence-corrected chi connectivity index (χ0v) is 22.4. The van der Waals surface area contributed by atoms with Crippen LogP contribution in [-0.2, 0) is 4.74 Å². The Morgan fingerprint density at radius 1 is 0.972 bits per heavy atom. The van der Waals surface area contributed by atoms with Crippen LogP contribution in [0.2, 0.25) is 0 Å². The van der Waals surface area contributed by atoms with Crippen molar-refractivity contribution in [3.63, 3.8) is 0 Å². The van der Waals surface area contributed by atoms with E-state index >= 15 is 0 Å². The van der Waals surface area contributed by atoms with E-state index in [1.807, 2.05) is 54.6 Å². The second-order valence-corrected chi connectivity index (χ2v) is 10.0. The summed E-state index contributed by atoms with van der Waals surface area (Å²) in [6.07, 6.45) is -0.563. The summed E-state index contributed by atoms with van der Waals surface area (Å²) in [6, 6.07) is 19.3. The third-order valence-electron chi connectivity index (χ3n) is 6.00. The Morgan fingerprint density at radius 2 is 1.75 bits per heavy atom. The van der Waals surface area contributed by atoms with Crippen molar-refractivity contribution in [2.45, 2.75) is 11.1 Å². The largest absolute Gasteiger partial charge is 0.493 e. The highest BCUT2D eigenvalue weighted by atomic mass is 79.9. The molecule has 3 aromatic carbocycles. The lowest BCUT2D eigenvalue weighted by atomic mass is 10.0. The number of nitrogens with zero attached hydrogens (tertiary/aromatic N) is 1. The molecule has 36 heavy (non-hydrogen) atoms. The van der Waals surface area contributed by atoms with E-state index in [4.69, 9.17) is 23.7 Å². The lowest BCUT2D eigenvalue weighted by Gasteiger charge is -2.24. The van der Waals surface area contributed by atoms with E-state index in [1.54, 1.807) is 36.6 Å². The van der Waals surface area contributed by atoms with E-state index in [0.29, 0.717) is 39.8 Å². The van der Waals surface area contributed by atoms with Crippen LogP contribution in [0.15, 0.2) is 74.8 Å². The van der Waals surface area contributed by atoms with Gasteiger partial charge in [0.1, 0.15) is 6.23 Å². The van der Waals surface area contributed by atoms with E-state index in [0.717, 1.165) is 20.3 Å². The fourth-order valence-corrected chi connectivity index (χ4v) is 5.45. The number of thioether (sulfide) groups is 1. The van der Waals surface area contributed by atoms with Crippen LogP contribution in [0.25, 0.3) is 22.0 Å². The van der Waals surface area contributed by atoms with Crippen LogP contribution in [0.5, 0.6) is 23.0 Å². The summed E-state index contributed by atoms with van der Waals surface area (Å²) in [4.78, 5) is 15.2. The van der Waals surface area contributed by atoms with Crippen molar-refractivity contribution in [1.82, 2.24) is 4.57 Å². The van der Waals surface area contributed by atoms with Crippen molar-refractivity contribution < 1.29 is 23.7 Å². The standard InChI is InChI=1S/C27H24BrNO6S/c1-31-22-11-5-17-12-20(16-4-10-21-23(13-16)35-15-34-21)29(27(30)25(17)26(22)33-3)24(32-2)14-36-19-8-6-18(28)7-9-19/h4-13,24H,14-15H2,1-3H3. The molecule has 0 N–H and O–H groups in total. The zero-order valence-electron chi connectivity index (χ0n) is 19.9. The van der Waals surface area contributed by atoms with E-state index in [-0.39, 0.29) is 12.4 Å².